The molecule has 0 spiro atoms. The van der Waals surface area contributed by atoms with E-state index in [2.05, 4.69) is 18.6 Å². The van der Waals surface area contributed by atoms with Crippen LogP contribution in [0.15, 0.2) is 24.3 Å². The lowest BCUT2D eigenvalue weighted by Crippen LogP contribution is -2.38. The van der Waals surface area contributed by atoms with Crippen LogP contribution in [0.1, 0.15) is 44.7 Å². The molecule has 4 nitrogen and oxygen atoms in total. The van der Waals surface area contributed by atoms with E-state index in [1.165, 1.54) is 0 Å². The SMILES string of the molecule is CCC(CC)C(C)NS(=O)(=O)Cc1cccc(CN)c1. The smallest absolute Gasteiger partial charge is 0.216 e. The number of benzene rings is 1. The first-order valence-corrected chi connectivity index (χ1v) is 8.85. The van der Waals surface area contributed by atoms with Crippen LogP contribution < -0.4 is 10.5 Å². The lowest BCUT2D eigenvalue weighted by atomic mass is 9.96. The second-order valence-electron chi connectivity index (χ2n) is 5.27. The van der Waals surface area contributed by atoms with Gasteiger partial charge in [0.15, 0.2) is 0 Å². The third kappa shape index (κ3) is 5.23. The number of sulfonamides is 1. The van der Waals surface area contributed by atoms with Crippen LogP contribution in [0.25, 0.3) is 0 Å². The fraction of sp³-hybridized carbons (Fsp3) is 0.600. The zero-order valence-corrected chi connectivity index (χ0v) is 13.4. The van der Waals surface area contributed by atoms with Crippen molar-refractivity contribution in [3.8, 4) is 0 Å². The van der Waals surface area contributed by atoms with Crippen molar-refractivity contribution in [1.29, 1.82) is 0 Å². The number of rotatable bonds is 8. The highest BCUT2D eigenvalue weighted by Crippen LogP contribution is 2.15. The van der Waals surface area contributed by atoms with Crippen molar-refractivity contribution in [3.63, 3.8) is 0 Å². The Hall–Kier alpha value is -0.910. The van der Waals surface area contributed by atoms with Gasteiger partial charge >= 0.3 is 0 Å². The van der Waals surface area contributed by atoms with Gasteiger partial charge < -0.3 is 5.73 Å². The van der Waals surface area contributed by atoms with E-state index in [-0.39, 0.29) is 11.8 Å². The van der Waals surface area contributed by atoms with Gasteiger partial charge in [-0.15, -0.1) is 0 Å². The topological polar surface area (TPSA) is 72.2 Å². The Morgan fingerprint density at radius 2 is 1.80 bits per heavy atom. The summed E-state index contributed by atoms with van der Waals surface area (Å²) in [5, 5.41) is 0. The van der Waals surface area contributed by atoms with Crippen LogP contribution in [-0.2, 0) is 22.3 Å². The molecule has 1 atom stereocenters. The molecule has 0 aliphatic carbocycles. The fourth-order valence-corrected chi connectivity index (χ4v) is 3.94. The summed E-state index contributed by atoms with van der Waals surface area (Å²) in [6, 6.07) is 7.38. The molecule has 0 aromatic heterocycles. The van der Waals surface area contributed by atoms with Crippen LogP contribution in [0, 0.1) is 5.92 Å². The quantitative estimate of drug-likeness (QED) is 0.774. The van der Waals surface area contributed by atoms with Crippen LogP contribution in [0.4, 0.5) is 0 Å². The Kier molecular flexibility index (Phi) is 6.65. The Labute approximate surface area is 122 Å². The van der Waals surface area contributed by atoms with Crippen LogP contribution in [-0.4, -0.2) is 14.5 Å². The predicted octanol–water partition coefficient (Wildman–Crippen LogP) is 2.39. The van der Waals surface area contributed by atoms with E-state index >= 15 is 0 Å². The molecule has 1 unspecified atom stereocenters. The summed E-state index contributed by atoms with van der Waals surface area (Å²) in [4.78, 5) is 0. The lowest BCUT2D eigenvalue weighted by Gasteiger charge is -2.22. The molecule has 1 aromatic rings. The Balaban J connectivity index is 2.74. The molecule has 1 rings (SSSR count). The van der Waals surface area contributed by atoms with Gasteiger partial charge in [-0.1, -0.05) is 51.0 Å². The first-order valence-electron chi connectivity index (χ1n) is 7.19. The van der Waals surface area contributed by atoms with Gasteiger partial charge in [-0.3, -0.25) is 0 Å². The van der Waals surface area contributed by atoms with E-state index in [0.29, 0.717) is 12.5 Å². The Morgan fingerprint density at radius 3 is 2.35 bits per heavy atom. The van der Waals surface area contributed by atoms with Crippen molar-refractivity contribution in [1.82, 2.24) is 4.72 Å². The fourth-order valence-electron chi connectivity index (χ4n) is 2.48. The third-order valence-electron chi connectivity index (χ3n) is 3.71. The predicted molar refractivity (Wildman–Crippen MR) is 83.6 cm³/mol. The minimum atomic E-state index is -3.31. The molecule has 3 N–H and O–H groups in total. The minimum absolute atomic E-state index is 0.00529. The van der Waals surface area contributed by atoms with Crippen LogP contribution in [0.3, 0.4) is 0 Å². The number of nitrogens with two attached hydrogens (primary N) is 1. The molecule has 0 aliphatic heterocycles. The molecule has 0 radical (unpaired) electrons. The molecule has 0 saturated heterocycles. The molecule has 0 aliphatic rings. The van der Waals surface area contributed by atoms with Gasteiger partial charge in [-0.05, 0) is 24.0 Å². The Bertz CT molecular complexity index is 510. The molecule has 0 amide bonds. The summed E-state index contributed by atoms with van der Waals surface area (Å²) < 4.78 is 27.2. The van der Waals surface area contributed by atoms with Crippen LogP contribution >= 0.6 is 0 Å². The maximum atomic E-state index is 12.2. The van der Waals surface area contributed by atoms with E-state index in [9.17, 15) is 8.42 Å². The van der Waals surface area contributed by atoms with Crippen molar-refractivity contribution in [2.24, 2.45) is 11.7 Å². The second-order valence-corrected chi connectivity index (χ2v) is 7.02. The van der Waals surface area contributed by atoms with Gasteiger partial charge in [-0.25, -0.2) is 13.1 Å². The first kappa shape index (κ1) is 17.1. The highest BCUT2D eigenvalue weighted by atomic mass is 32.2. The number of nitrogens with one attached hydrogen (secondary N) is 1. The van der Waals surface area contributed by atoms with Crippen molar-refractivity contribution < 1.29 is 8.42 Å². The molecule has 0 fully saturated rings. The zero-order chi connectivity index (χ0) is 15.2. The summed E-state index contributed by atoms with van der Waals surface area (Å²) in [6.45, 7) is 6.53. The lowest BCUT2D eigenvalue weighted by molar-refractivity contribution is 0.390. The molecule has 20 heavy (non-hydrogen) atoms. The molecule has 1 aromatic carbocycles. The van der Waals surface area contributed by atoms with Gasteiger partial charge in [0.05, 0.1) is 5.75 Å². The van der Waals surface area contributed by atoms with Gasteiger partial charge in [-0.2, -0.15) is 0 Å². The molecule has 0 saturated carbocycles. The van der Waals surface area contributed by atoms with E-state index in [0.717, 1.165) is 24.0 Å². The van der Waals surface area contributed by atoms with E-state index < -0.39 is 10.0 Å². The summed E-state index contributed by atoms with van der Waals surface area (Å²) in [5.74, 6) is 0.380. The first-order chi connectivity index (χ1) is 9.41. The summed E-state index contributed by atoms with van der Waals surface area (Å²) in [6.07, 6.45) is 1.95. The third-order valence-corrected chi connectivity index (χ3v) is 5.15. The second kappa shape index (κ2) is 7.76. The molecule has 0 bridgehead atoms. The molecular formula is C15H26N2O2S. The summed E-state index contributed by atoms with van der Waals surface area (Å²) in [5.41, 5.74) is 7.30. The van der Waals surface area contributed by atoms with Gasteiger partial charge in [0.1, 0.15) is 0 Å². The molecule has 5 heteroatoms. The normalized spacial score (nSPS) is 13.7. The molecular weight excluding hydrogens is 272 g/mol. The maximum Gasteiger partial charge on any atom is 0.216 e. The zero-order valence-electron chi connectivity index (χ0n) is 12.6. The minimum Gasteiger partial charge on any atom is -0.326 e. The van der Waals surface area contributed by atoms with Crippen molar-refractivity contribution in [3.05, 3.63) is 35.4 Å². The number of hydrogen-bond donors (Lipinski definition) is 2. The Morgan fingerprint density at radius 1 is 1.20 bits per heavy atom. The van der Waals surface area contributed by atoms with Crippen LogP contribution in [0.2, 0.25) is 0 Å². The van der Waals surface area contributed by atoms with E-state index in [4.69, 9.17) is 5.73 Å². The molecule has 114 valence electrons. The largest absolute Gasteiger partial charge is 0.326 e. The maximum absolute atomic E-state index is 12.2. The number of hydrogen-bond acceptors (Lipinski definition) is 3. The van der Waals surface area contributed by atoms with Crippen molar-refractivity contribution in [2.75, 3.05) is 0 Å². The average molecular weight is 298 g/mol. The molecule has 0 heterocycles. The summed E-state index contributed by atoms with van der Waals surface area (Å²) >= 11 is 0. The monoisotopic (exact) mass is 298 g/mol. The van der Waals surface area contributed by atoms with Crippen molar-refractivity contribution >= 4 is 10.0 Å². The standard InChI is InChI=1S/C15H26N2O2S/c1-4-15(5-2)12(3)17-20(18,19)11-14-8-6-7-13(9-14)10-16/h6-9,12,15,17H,4-5,10-11,16H2,1-3H3. The van der Waals surface area contributed by atoms with Gasteiger partial charge in [0.25, 0.3) is 0 Å². The highest BCUT2D eigenvalue weighted by Gasteiger charge is 2.20. The van der Waals surface area contributed by atoms with Gasteiger partial charge in [0, 0.05) is 12.6 Å². The van der Waals surface area contributed by atoms with E-state index in [1.54, 1.807) is 0 Å². The average Bonchev–Trinajstić information content (AvgIpc) is 2.39. The van der Waals surface area contributed by atoms with Gasteiger partial charge in [0.2, 0.25) is 10.0 Å². The van der Waals surface area contributed by atoms with Crippen LogP contribution in [0.5, 0.6) is 0 Å². The highest BCUT2D eigenvalue weighted by molar-refractivity contribution is 7.88. The summed E-state index contributed by atoms with van der Waals surface area (Å²) in [7, 11) is -3.31. The van der Waals surface area contributed by atoms with E-state index in [1.807, 2.05) is 31.2 Å². The van der Waals surface area contributed by atoms with Crippen molar-refractivity contribution in [2.45, 2.75) is 52.0 Å².